The molecule has 2 aromatic carbocycles. The predicted octanol–water partition coefficient (Wildman–Crippen LogP) is 3.15. The fraction of sp³-hybridized carbons (Fsp3) is 0.133. The molecule has 0 unspecified atom stereocenters. The number of rotatable bonds is 3. The van der Waals surface area contributed by atoms with Crippen LogP contribution in [0.25, 0.3) is 21.8 Å². The number of H-pyrrole nitrogens is 1. The summed E-state index contributed by atoms with van der Waals surface area (Å²) in [6.07, 6.45) is 0.820. The topological polar surface area (TPSA) is 51.3 Å². The second-order valence-electron chi connectivity index (χ2n) is 4.30. The molecule has 0 spiro atoms. The Morgan fingerprint density at radius 2 is 1.89 bits per heavy atom. The van der Waals surface area contributed by atoms with Crippen LogP contribution >= 0.6 is 0 Å². The lowest BCUT2D eigenvalue weighted by Gasteiger charge is -2.02. The van der Waals surface area contributed by atoms with Gasteiger partial charge in [0.2, 0.25) is 0 Å². The van der Waals surface area contributed by atoms with E-state index in [1.807, 2.05) is 24.3 Å². The quantitative estimate of drug-likeness (QED) is 0.731. The minimum absolute atomic E-state index is 0.591. The highest BCUT2D eigenvalue weighted by atomic mass is 16.5. The van der Waals surface area contributed by atoms with E-state index in [2.05, 4.69) is 4.98 Å². The van der Waals surface area contributed by atoms with Gasteiger partial charge in [0.25, 0.3) is 0 Å². The number of fused-ring (bicyclic) bond motifs is 3. The predicted molar refractivity (Wildman–Crippen MR) is 74.3 cm³/mol. The number of aromatic nitrogens is 1. The lowest BCUT2D eigenvalue weighted by Crippen LogP contribution is -1.87. The highest BCUT2D eigenvalue weighted by Gasteiger charge is 2.11. The third-order valence-electron chi connectivity index (χ3n) is 3.26. The molecule has 0 amide bonds. The van der Waals surface area contributed by atoms with Crippen molar-refractivity contribution in [3.63, 3.8) is 0 Å². The Bertz CT molecular complexity index is 774. The van der Waals surface area contributed by atoms with Crippen molar-refractivity contribution in [3.8, 4) is 11.5 Å². The fourth-order valence-corrected chi connectivity index (χ4v) is 2.32. The van der Waals surface area contributed by atoms with Crippen molar-refractivity contribution in [1.29, 1.82) is 0 Å². The van der Waals surface area contributed by atoms with Gasteiger partial charge in [0.05, 0.1) is 19.7 Å². The van der Waals surface area contributed by atoms with E-state index in [1.54, 1.807) is 20.3 Å². The first-order chi connectivity index (χ1) is 9.26. The zero-order valence-corrected chi connectivity index (χ0v) is 10.7. The lowest BCUT2D eigenvalue weighted by atomic mass is 10.1. The molecule has 0 fully saturated rings. The summed E-state index contributed by atoms with van der Waals surface area (Å²) in [4.78, 5) is 14.3. The summed E-state index contributed by atoms with van der Waals surface area (Å²) < 4.78 is 10.6. The third-order valence-corrected chi connectivity index (χ3v) is 3.26. The van der Waals surface area contributed by atoms with Crippen LogP contribution in [0.1, 0.15) is 10.4 Å². The summed E-state index contributed by atoms with van der Waals surface area (Å²) in [5, 5.41) is 1.96. The average Bonchev–Trinajstić information content (AvgIpc) is 2.83. The maximum absolute atomic E-state index is 11.0. The Hall–Kier alpha value is -2.49. The maximum atomic E-state index is 11.0. The van der Waals surface area contributed by atoms with Crippen LogP contribution in [0, 0.1) is 0 Å². The van der Waals surface area contributed by atoms with Crippen molar-refractivity contribution in [2.24, 2.45) is 0 Å². The van der Waals surface area contributed by atoms with E-state index in [0.29, 0.717) is 11.3 Å². The van der Waals surface area contributed by atoms with Crippen LogP contribution in [-0.4, -0.2) is 25.5 Å². The van der Waals surface area contributed by atoms with Crippen LogP contribution in [-0.2, 0) is 0 Å². The number of hydrogen-bond donors (Lipinski definition) is 1. The van der Waals surface area contributed by atoms with Gasteiger partial charge in [-0.15, -0.1) is 0 Å². The van der Waals surface area contributed by atoms with Gasteiger partial charge in [0.15, 0.2) is 0 Å². The van der Waals surface area contributed by atoms with Crippen LogP contribution in [0.5, 0.6) is 11.5 Å². The van der Waals surface area contributed by atoms with Gasteiger partial charge in [0, 0.05) is 21.9 Å². The highest BCUT2D eigenvalue weighted by molar-refractivity contribution is 6.11. The molecule has 0 saturated heterocycles. The summed E-state index contributed by atoms with van der Waals surface area (Å²) in [7, 11) is 3.23. The molecule has 0 aliphatic rings. The minimum Gasteiger partial charge on any atom is -0.497 e. The SMILES string of the molecule is COc1ccc2[nH]c3c(OC)cc(C=O)cc3c2c1. The van der Waals surface area contributed by atoms with Crippen molar-refractivity contribution >= 4 is 28.1 Å². The standard InChI is InChI=1S/C15H13NO3/c1-18-10-3-4-13-11(7-10)12-5-9(8-17)6-14(19-2)15(12)16-13/h3-8,16H,1-2H3. The minimum atomic E-state index is 0.591. The molecule has 4 heteroatoms. The Balaban J connectivity index is 2.44. The number of nitrogens with one attached hydrogen (secondary N) is 1. The average molecular weight is 255 g/mol. The lowest BCUT2D eigenvalue weighted by molar-refractivity contribution is 0.112. The van der Waals surface area contributed by atoms with Crippen molar-refractivity contribution in [2.75, 3.05) is 14.2 Å². The Morgan fingerprint density at radius 1 is 1.05 bits per heavy atom. The number of carbonyl (C=O) groups excluding carboxylic acids is 1. The molecule has 0 bridgehead atoms. The molecule has 4 nitrogen and oxygen atoms in total. The van der Waals surface area contributed by atoms with E-state index in [-0.39, 0.29) is 0 Å². The second kappa shape index (κ2) is 4.31. The first kappa shape index (κ1) is 11.6. The monoisotopic (exact) mass is 255 g/mol. The van der Waals surface area contributed by atoms with Gasteiger partial charge in [0.1, 0.15) is 17.8 Å². The number of hydrogen-bond acceptors (Lipinski definition) is 3. The summed E-state index contributed by atoms with van der Waals surface area (Å²) >= 11 is 0. The number of benzene rings is 2. The molecular weight excluding hydrogens is 242 g/mol. The summed E-state index contributed by atoms with van der Waals surface area (Å²) in [5.41, 5.74) is 2.46. The number of aromatic amines is 1. The van der Waals surface area contributed by atoms with Gasteiger partial charge in [-0.25, -0.2) is 0 Å². The fourth-order valence-electron chi connectivity index (χ4n) is 2.32. The summed E-state index contributed by atoms with van der Waals surface area (Å²) in [6, 6.07) is 9.37. The van der Waals surface area contributed by atoms with Crippen molar-refractivity contribution in [2.45, 2.75) is 0 Å². The van der Waals surface area contributed by atoms with E-state index in [1.165, 1.54) is 0 Å². The zero-order valence-electron chi connectivity index (χ0n) is 10.7. The molecule has 0 atom stereocenters. The summed E-state index contributed by atoms with van der Waals surface area (Å²) in [6.45, 7) is 0. The maximum Gasteiger partial charge on any atom is 0.150 e. The van der Waals surface area contributed by atoms with Crippen molar-refractivity contribution in [1.82, 2.24) is 4.98 Å². The van der Waals surface area contributed by atoms with E-state index in [9.17, 15) is 4.79 Å². The number of carbonyl (C=O) groups is 1. The van der Waals surface area contributed by atoms with E-state index in [0.717, 1.165) is 33.8 Å². The van der Waals surface area contributed by atoms with Crippen LogP contribution in [0.3, 0.4) is 0 Å². The molecular formula is C15H13NO3. The van der Waals surface area contributed by atoms with E-state index in [4.69, 9.17) is 9.47 Å². The molecule has 3 aromatic rings. The molecule has 3 rings (SSSR count). The molecule has 0 aliphatic carbocycles. The van der Waals surface area contributed by atoms with Crippen LogP contribution < -0.4 is 9.47 Å². The number of aldehydes is 1. The Labute approximate surface area is 109 Å². The van der Waals surface area contributed by atoms with Crippen LogP contribution in [0.4, 0.5) is 0 Å². The Kier molecular flexibility index (Phi) is 2.63. The smallest absolute Gasteiger partial charge is 0.150 e. The number of methoxy groups -OCH3 is 2. The van der Waals surface area contributed by atoms with Gasteiger partial charge < -0.3 is 14.5 Å². The van der Waals surface area contributed by atoms with E-state index < -0.39 is 0 Å². The normalized spacial score (nSPS) is 10.8. The van der Waals surface area contributed by atoms with Gasteiger partial charge in [-0.1, -0.05) is 0 Å². The first-order valence-electron chi connectivity index (χ1n) is 5.89. The van der Waals surface area contributed by atoms with Crippen molar-refractivity contribution in [3.05, 3.63) is 35.9 Å². The molecule has 0 aliphatic heterocycles. The van der Waals surface area contributed by atoms with Gasteiger partial charge in [-0.3, -0.25) is 4.79 Å². The molecule has 0 radical (unpaired) electrons. The molecule has 1 N–H and O–H groups in total. The summed E-state index contributed by atoms with van der Waals surface area (Å²) in [5.74, 6) is 1.44. The molecule has 0 saturated carbocycles. The van der Waals surface area contributed by atoms with E-state index >= 15 is 0 Å². The molecule has 96 valence electrons. The molecule has 19 heavy (non-hydrogen) atoms. The largest absolute Gasteiger partial charge is 0.497 e. The van der Waals surface area contributed by atoms with Gasteiger partial charge in [-0.05, 0) is 30.3 Å². The highest BCUT2D eigenvalue weighted by Crippen LogP contribution is 2.34. The third kappa shape index (κ3) is 1.73. The zero-order chi connectivity index (χ0) is 13.4. The van der Waals surface area contributed by atoms with Gasteiger partial charge in [-0.2, -0.15) is 0 Å². The second-order valence-corrected chi connectivity index (χ2v) is 4.30. The van der Waals surface area contributed by atoms with Crippen LogP contribution in [0.15, 0.2) is 30.3 Å². The first-order valence-corrected chi connectivity index (χ1v) is 5.89. The van der Waals surface area contributed by atoms with Crippen molar-refractivity contribution < 1.29 is 14.3 Å². The number of ether oxygens (including phenoxy) is 2. The molecule has 1 heterocycles. The Morgan fingerprint density at radius 3 is 2.58 bits per heavy atom. The van der Waals surface area contributed by atoms with Crippen LogP contribution in [0.2, 0.25) is 0 Å². The van der Waals surface area contributed by atoms with Gasteiger partial charge >= 0.3 is 0 Å². The molecule has 1 aromatic heterocycles.